The van der Waals surface area contributed by atoms with E-state index < -0.39 is 17.4 Å². The summed E-state index contributed by atoms with van der Waals surface area (Å²) in [6.45, 7) is 5.47. The van der Waals surface area contributed by atoms with Crippen LogP contribution in [0.2, 0.25) is 0 Å². The van der Waals surface area contributed by atoms with Crippen molar-refractivity contribution in [2.75, 3.05) is 31.1 Å². The number of carboxylic acid groups (broad SMARTS) is 1. The second kappa shape index (κ2) is 7.67. The first-order chi connectivity index (χ1) is 14.2. The van der Waals surface area contributed by atoms with Gasteiger partial charge in [-0.05, 0) is 32.8 Å². The van der Waals surface area contributed by atoms with Crippen molar-refractivity contribution in [1.82, 2.24) is 14.5 Å². The summed E-state index contributed by atoms with van der Waals surface area (Å²) in [6, 6.07) is 1.22. The molecule has 0 bridgehead atoms. The molecular formula is C20H23FN4O5. The predicted molar refractivity (Wildman–Crippen MR) is 107 cm³/mol. The third kappa shape index (κ3) is 3.87. The van der Waals surface area contributed by atoms with Crippen molar-refractivity contribution < 1.29 is 23.8 Å². The van der Waals surface area contributed by atoms with Gasteiger partial charge in [0.2, 0.25) is 5.43 Å². The summed E-state index contributed by atoms with van der Waals surface area (Å²) in [7, 11) is 0. The molecule has 0 aromatic carbocycles. The van der Waals surface area contributed by atoms with Gasteiger partial charge < -0.3 is 19.3 Å². The van der Waals surface area contributed by atoms with E-state index in [4.69, 9.17) is 5.11 Å². The van der Waals surface area contributed by atoms with Crippen LogP contribution in [0.15, 0.2) is 17.1 Å². The lowest BCUT2D eigenvalue weighted by Gasteiger charge is -2.40. The number of hydrogen-bond donors (Lipinski definition) is 1. The summed E-state index contributed by atoms with van der Waals surface area (Å²) in [5, 5.41) is 8.88. The van der Waals surface area contributed by atoms with Crippen molar-refractivity contribution in [1.29, 1.82) is 0 Å². The van der Waals surface area contributed by atoms with E-state index in [2.05, 4.69) is 9.72 Å². The minimum absolute atomic E-state index is 0.00911. The predicted octanol–water partition coefficient (Wildman–Crippen LogP) is 2.03. The van der Waals surface area contributed by atoms with E-state index in [0.717, 1.165) is 18.9 Å². The average Bonchev–Trinajstić information content (AvgIpc) is 3.50. The molecule has 2 aromatic rings. The first-order valence-electron chi connectivity index (χ1n) is 9.89. The van der Waals surface area contributed by atoms with Gasteiger partial charge in [0.25, 0.3) is 0 Å². The van der Waals surface area contributed by atoms with Gasteiger partial charge in [0.15, 0.2) is 17.4 Å². The monoisotopic (exact) mass is 418 g/mol. The Morgan fingerprint density at radius 3 is 2.67 bits per heavy atom. The van der Waals surface area contributed by atoms with Crippen molar-refractivity contribution in [2.24, 2.45) is 0 Å². The van der Waals surface area contributed by atoms with E-state index in [-0.39, 0.29) is 34.8 Å². The average molecular weight is 418 g/mol. The second-order valence-electron chi connectivity index (χ2n) is 7.96. The molecule has 2 fully saturated rings. The number of hydrogen-bond acceptors (Lipinski definition) is 7. The first-order valence-corrected chi connectivity index (χ1v) is 9.89. The molecule has 2 aliphatic rings. The maximum absolute atomic E-state index is 15.0. The van der Waals surface area contributed by atoms with E-state index in [0.29, 0.717) is 31.8 Å². The molecule has 160 valence electrons. The van der Waals surface area contributed by atoms with Crippen LogP contribution in [-0.2, 0) is 4.79 Å². The zero-order valence-electron chi connectivity index (χ0n) is 16.8. The smallest absolute Gasteiger partial charge is 0.449 e. The number of rotatable bonds is 5. The standard InChI is InChI=1S/C20H23FN4O5/c1-11-8-24(6-5-23(11)9-12(2)26)19-15(21)7-14-17(27)16(30-20(28)29)10-25(13-3-4-13)18(14)22-19/h7,10-11,13H,3-6,8-9H2,1-2H3,(H,28,29). The van der Waals surface area contributed by atoms with Crippen molar-refractivity contribution >= 4 is 28.8 Å². The molecule has 2 aromatic heterocycles. The molecule has 30 heavy (non-hydrogen) atoms. The summed E-state index contributed by atoms with van der Waals surface area (Å²) < 4.78 is 21.3. The molecule has 1 aliphatic carbocycles. The highest BCUT2D eigenvalue weighted by Gasteiger charge is 2.30. The molecule has 1 unspecified atom stereocenters. The van der Waals surface area contributed by atoms with Crippen molar-refractivity contribution in [3.63, 3.8) is 0 Å². The van der Waals surface area contributed by atoms with Gasteiger partial charge in [-0.3, -0.25) is 14.5 Å². The number of Topliss-reactive ketones (excluding diaryl/α,β-unsaturated/α-hetero) is 1. The Kier molecular flexibility index (Phi) is 5.19. The largest absolute Gasteiger partial charge is 0.511 e. The lowest BCUT2D eigenvalue weighted by Crippen LogP contribution is -2.53. The zero-order chi connectivity index (χ0) is 21.6. The van der Waals surface area contributed by atoms with Crippen LogP contribution < -0.4 is 15.1 Å². The molecular weight excluding hydrogens is 395 g/mol. The normalized spacial score (nSPS) is 19.8. The molecule has 0 amide bonds. The Bertz CT molecular complexity index is 1080. The summed E-state index contributed by atoms with van der Waals surface area (Å²) in [5.74, 6) is -0.778. The number of halogens is 1. The minimum atomic E-state index is -1.60. The Balaban J connectivity index is 1.73. The highest BCUT2D eigenvalue weighted by Crippen LogP contribution is 2.38. The van der Waals surface area contributed by atoms with Gasteiger partial charge in [0.05, 0.1) is 18.1 Å². The van der Waals surface area contributed by atoms with Crippen LogP contribution in [0.3, 0.4) is 0 Å². The van der Waals surface area contributed by atoms with Crippen LogP contribution in [0.4, 0.5) is 15.0 Å². The lowest BCUT2D eigenvalue weighted by molar-refractivity contribution is -0.118. The Hall–Kier alpha value is -3.01. The van der Waals surface area contributed by atoms with E-state index in [1.165, 1.54) is 6.20 Å². The molecule has 10 heteroatoms. The number of ether oxygens (including phenoxy) is 1. The molecule has 3 heterocycles. The highest BCUT2D eigenvalue weighted by molar-refractivity contribution is 5.80. The molecule has 9 nitrogen and oxygen atoms in total. The van der Waals surface area contributed by atoms with Gasteiger partial charge in [-0.2, -0.15) is 0 Å². The quantitative estimate of drug-likeness (QED) is 0.736. The SMILES string of the molecule is CC(=O)CN1CCN(c2nc3c(cc2F)c(=O)c(OC(=O)O)cn3C2CC2)CC1C. The molecule has 1 N–H and O–H groups in total. The zero-order valence-corrected chi connectivity index (χ0v) is 16.8. The number of ketones is 1. The summed E-state index contributed by atoms with van der Waals surface area (Å²) in [4.78, 5) is 43.3. The van der Waals surface area contributed by atoms with Gasteiger partial charge in [-0.1, -0.05) is 0 Å². The second-order valence-corrected chi connectivity index (χ2v) is 7.96. The summed E-state index contributed by atoms with van der Waals surface area (Å²) in [5.41, 5.74) is -0.391. The molecule has 4 rings (SSSR count). The highest BCUT2D eigenvalue weighted by atomic mass is 19.1. The van der Waals surface area contributed by atoms with Crippen molar-refractivity contribution in [2.45, 2.75) is 38.8 Å². The fraction of sp³-hybridized carbons (Fsp3) is 0.500. The topological polar surface area (TPSA) is 105 Å². The number of anilines is 1. The number of carbonyl (C=O) groups is 2. The van der Waals surface area contributed by atoms with Gasteiger partial charge in [-0.15, -0.1) is 0 Å². The third-order valence-electron chi connectivity index (χ3n) is 5.53. The van der Waals surface area contributed by atoms with Crippen LogP contribution in [-0.4, -0.2) is 63.7 Å². The maximum Gasteiger partial charge on any atom is 0.511 e. The summed E-state index contributed by atoms with van der Waals surface area (Å²) >= 11 is 0. The minimum Gasteiger partial charge on any atom is -0.449 e. The number of piperazine rings is 1. The number of fused-ring (bicyclic) bond motifs is 1. The van der Waals surface area contributed by atoms with Gasteiger partial charge in [0.1, 0.15) is 11.4 Å². The van der Waals surface area contributed by atoms with E-state index >= 15 is 0 Å². The van der Waals surface area contributed by atoms with E-state index in [1.54, 1.807) is 11.5 Å². The van der Waals surface area contributed by atoms with Crippen LogP contribution in [0, 0.1) is 5.82 Å². The van der Waals surface area contributed by atoms with Gasteiger partial charge in [0, 0.05) is 31.7 Å². The maximum atomic E-state index is 15.0. The number of aromatic nitrogens is 2. The first kappa shape index (κ1) is 20.3. The molecule has 1 saturated heterocycles. The molecule has 1 atom stereocenters. The lowest BCUT2D eigenvalue weighted by atomic mass is 10.1. The van der Waals surface area contributed by atoms with E-state index in [1.807, 2.05) is 16.7 Å². The van der Waals surface area contributed by atoms with Crippen molar-refractivity contribution in [3.05, 3.63) is 28.3 Å². The Morgan fingerprint density at radius 2 is 2.07 bits per heavy atom. The van der Waals surface area contributed by atoms with Crippen LogP contribution >= 0.6 is 0 Å². The van der Waals surface area contributed by atoms with Crippen LogP contribution in [0.1, 0.15) is 32.7 Å². The number of pyridine rings is 2. The Morgan fingerprint density at radius 1 is 1.33 bits per heavy atom. The van der Waals surface area contributed by atoms with Crippen LogP contribution in [0.25, 0.3) is 11.0 Å². The molecule has 0 spiro atoms. The number of nitrogens with zero attached hydrogens (tertiary/aromatic N) is 4. The number of carbonyl (C=O) groups excluding carboxylic acids is 1. The molecule has 0 radical (unpaired) electrons. The fourth-order valence-electron chi connectivity index (χ4n) is 3.94. The van der Waals surface area contributed by atoms with E-state index in [9.17, 15) is 18.8 Å². The summed E-state index contributed by atoms with van der Waals surface area (Å²) in [6.07, 6.45) is 1.47. The van der Waals surface area contributed by atoms with Gasteiger partial charge >= 0.3 is 6.16 Å². The molecule has 1 saturated carbocycles. The van der Waals surface area contributed by atoms with Crippen LogP contribution in [0.5, 0.6) is 5.75 Å². The Labute approximate surface area is 171 Å². The third-order valence-corrected chi connectivity index (χ3v) is 5.53. The molecule has 1 aliphatic heterocycles. The fourth-order valence-corrected chi connectivity index (χ4v) is 3.94. The van der Waals surface area contributed by atoms with Crippen molar-refractivity contribution in [3.8, 4) is 5.75 Å². The van der Waals surface area contributed by atoms with Gasteiger partial charge in [-0.25, -0.2) is 14.2 Å².